The minimum atomic E-state index is -0.593. The highest BCUT2D eigenvalue weighted by Gasteiger charge is 2.09. The number of carbonyl (C=O) groups excluding carboxylic acids is 1. The van der Waals surface area contributed by atoms with E-state index in [1.165, 1.54) is 6.07 Å². The lowest BCUT2D eigenvalue weighted by Crippen LogP contribution is -2.06. The van der Waals surface area contributed by atoms with E-state index in [1.807, 2.05) is 30.3 Å². The van der Waals surface area contributed by atoms with E-state index in [4.69, 9.17) is 10.5 Å². The van der Waals surface area contributed by atoms with E-state index in [2.05, 4.69) is 0 Å². The summed E-state index contributed by atoms with van der Waals surface area (Å²) in [5.41, 5.74) is 6.64. The lowest BCUT2D eigenvalue weighted by Gasteiger charge is -2.05. The van der Waals surface area contributed by atoms with Crippen LogP contribution >= 0.6 is 12.4 Å². The van der Waals surface area contributed by atoms with E-state index in [0.29, 0.717) is 0 Å². The Morgan fingerprint density at radius 3 is 2.47 bits per heavy atom. The van der Waals surface area contributed by atoms with Crippen molar-refractivity contribution in [3.05, 3.63) is 65.5 Å². The monoisotopic (exact) mass is 281 g/mol. The predicted octanol–water partition coefficient (Wildman–Crippen LogP) is 3.19. The minimum absolute atomic E-state index is 0. The van der Waals surface area contributed by atoms with Crippen molar-refractivity contribution in [1.29, 1.82) is 0 Å². The van der Waals surface area contributed by atoms with Crippen LogP contribution in [0, 0.1) is 5.82 Å². The topological polar surface area (TPSA) is 52.3 Å². The van der Waals surface area contributed by atoms with E-state index in [9.17, 15) is 9.18 Å². The highest BCUT2D eigenvalue weighted by atomic mass is 35.5. The zero-order chi connectivity index (χ0) is 13.0. The van der Waals surface area contributed by atoms with Gasteiger partial charge in [-0.2, -0.15) is 0 Å². The van der Waals surface area contributed by atoms with Gasteiger partial charge in [-0.1, -0.05) is 30.3 Å². The van der Waals surface area contributed by atoms with Gasteiger partial charge in [0.25, 0.3) is 0 Å². The molecule has 0 saturated heterocycles. The van der Waals surface area contributed by atoms with Gasteiger partial charge in [0.05, 0.1) is 5.56 Å². The summed E-state index contributed by atoms with van der Waals surface area (Å²) < 4.78 is 18.1. The molecule has 2 N–H and O–H groups in total. The molecular formula is C14H13ClFNO2. The summed E-state index contributed by atoms with van der Waals surface area (Å²) in [5, 5.41) is 0. The van der Waals surface area contributed by atoms with Gasteiger partial charge in [-0.3, -0.25) is 0 Å². The molecule has 19 heavy (non-hydrogen) atoms. The van der Waals surface area contributed by atoms with Gasteiger partial charge in [-0.05, 0) is 23.8 Å². The number of carbonyl (C=O) groups is 1. The number of halogens is 2. The average molecular weight is 282 g/mol. The summed E-state index contributed by atoms with van der Waals surface area (Å²) in [5.74, 6) is -1.15. The zero-order valence-corrected chi connectivity index (χ0v) is 10.8. The Hall–Kier alpha value is -2.07. The number of benzene rings is 2. The molecule has 0 aliphatic carbocycles. The van der Waals surface area contributed by atoms with E-state index in [-0.39, 0.29) is 30.3 Å². The van der Waals surface area contributed by atoms with Crippen LogP contribution in [-0.4, -0.2) is 5.97 Å². The molecule has 0 amide bonds. The third-order valence-electron chi connectivity index (χ3n) is 2.37. The molecule has 0 radical (unpaired) electrons. The van der Waals surface area contributed by atoms with Gasteiger partial charge in [0.2, 0.25) is 0 Å². The standard InChI is InChI=1S/C14H12FNO2.ClH/c15-12-6-11(7-13(16)8-12)14(17)18-9-10-4-2-1-3-5-10;/h1-8H,9,16H2;1H. The number of hydrogen-bond acceptors (Lipinski definition) is 3. The van der Waals surface area contributed by atoms with Crippen molar-refractivity contribution >= 4 is 24.1 Å². The lowest BCUT2D eigenvalue weighted by molar-refractivity contribution is 0.0472. The fraction of sp³-hybridized carbons (Fsp3) is 0.0714. The maximum atomic E-state index is 13.1. The smallest absolute Gasteiger partial charge is 0.338 e. The highest BCUT2D eigenvalue weighted by molar-refractivity contribution is 5.90. The molecule has 0 aliphatic heterocycles. The van der Waals surface area contributed by atoms with E-state index >= 15 is 0 Å². The van der Waals surface area contributed by atoms with Crippen molar-refractivity contribution < 1.29 is 13.9 Å². The number of esters is 1. The molecule has 0 spiro atoms. The van der Waals surface area contributed by atoms with Crippen LogP contribution in [-0.2, 0) is 11.3 Å². The molecule has 3 nitrogen and oxygen atoms in total. The third kappa shape index (κ3) is 4.26. The van der Waals surface area contributed by atoms with Crippen LogP contribution in [0.1, 0.15) is 15.9 Å². The first-order chi connectivity index (χ1) is 8.65. The van der Waals surface area contributed by atoms with Crippen LogP contribution < -0.4 is 5.73 Å². The summed E-state index contributed by atoms with van der Waals surface area (Å²) in [4.78, 5) is 11.7. The first kappa shape index (κ1) is 15.0. The average Bonchev–Trinajstić information content (AvgIpc) is 2.36. The van der Waals surface area contributed by atoms with Crippen LogP contribution in [0.5, 0.6) is 0 Å². The van der Waals surface area contributed by atoms with Crippen molar-refractivity contribution in [2.45, 2.75) is 6.61 Å². The molecule has 0 unspecified atom stereocenters. The normalized spacial score (nSPS) is 9.53. The van der Waals surface area contributed by atoms with Gasteiger partial charge in [-0.15, -0.1) is 12.4 Å². The lowest BCUT2D eigenvalue weighted by atomic mass is 10.2. The van der Waals surface area contributed by atoms with Gasteiger partial charge in [-0.25, -0.2) is 9.18 Å². The van der Waals surface area contributed by atoms with Crippen molar-refractivity contribution in [1.82, 2.24) is 0 Å². The molecule has 0 aliphatic rings. The second kappa shape index (κ2) is 6.75. The van der Waals surface area contributed by atoms with E-state index in [1.54, 1.807) is 0 Å². The molecule has 0 atom stereocenters. The summed E-state index contributed by atoms with van der Waals surface area (Å²) in [6, 6.07) is 12.9. The summed E-state index contributed by atoms with van der Waals surface area (Å²) in [6.07, 6.45) is 0. The molecule has 2 aromatic carbocycles. The number of rotatable bonds is 3. The van der Waals surface area contributed by atoms with Gasteiger partial charge in [0.1, 0.15) is 12.4 Å². The second-order valence-electron chi connectivity index (χ2n) is 3.83. The number of ether oxygens (including phenoxy) is 1. The van der Waals surface area contributed by atoms with E-state index in [0.717, 1.165) is 17.7 Å². The Labute approximate surface area is 116 Å². The summed E-state index contributed by atoms with van der Waals surface area (Å²) in [6.45, 7) is 0.149. The largest absolute Gasteiger partial charge is 0.457 e. The maximum absolute atomic E-state index is 13.1. The van der Waals surface area contributed by atoms with Crippen LogP contribution in [0.4, 0.5) is 10.1 Å². The Balaban J connectivity index is 0.00000180. The maximum Gasteiger partial charge on any atom is 0.338 e. The molecular weight excluding hydrogens is 269 g/mol. The fourth-order valence-corrected chi connectivity index (χ4v) is 1.54. The van der Waals surface area contributed by atoms with Crippen molar-refractivity contribution in [3.63, 3.8) is 0 Å². The molecule has 0 fully saturated rings. The van der Waals surface area contributed by atoms with Crippen molar-refractivity contribution in [2.75, 3.05) is 5.73 Å². The first-order valence-corrected chi connectivity index (χ1v) is 5.42. The molecule has 5 heteroatoms. The Bertz CT molecular complexity index is 540. The molecule has 0 aromatic heterocycles. The molecule has 100 valence electrons. The summed E-state index contributed by atoms with van der Waals surface area (Å²) in [7, 11) is 0. The van der Waals surface area contributed by atoms with Crippen LogP contribution in [0.15, 0.2) is 48.5 Å². The van der Waals surface area contributed by atoms with Gasteiger partial charge < -0.3 is 10.5 Å². The molecule has 2 rings (SSSR count). The summed E-state index contributed by atoms with van der Waals surface area (Å²) >= 11 is 0. The number of anilines is 1. The van der Waals surface area contributed by atoms with E-state index < -0.39 is 11.8 Å². The predicted molar refractivity (Wildman–Crippen MR) is 73.6 cm³/mol. The van der Waals surface area contributed by atoms with Crippen molar-refractivity contribution in [3.8, 4) is 0 Å². The fourth-order valence-electron chi connectivity index (χ4n) is 1.54. The van der Waals surface area contributed by atoms with Crippen molar-refractivity contribution in [2.24, 2.45) is 0 Å². The Kier molecular flexibility index (Phi) is 5.33. The molecule has 0 heterocycles. The van der Waals surface area contributed by atoms with Gasteiger partial charge >= 0.3 is 5.97 Å². The zero-order valence-electron chi connectivity index (χ0n) is 10.0. The number of nitrogen functional groups attached to an aromatic ring is 1. The number of hydrogen-bond donors (Lipinski definition) is 1. The second-order valence-corrected chi connectivity index (χ2v) is 3.83. The molecule has 0 saturated carbocycles. The third-order valence-corrected chi connectivity index (χ3v) is 2.37. The number of nitrogens with two attached hydrogens (primary N) is 1. The Morgan fingerprint density at radius 2 is 1.84 bits per heavy atom. The van der Waals surface area contributed by atoms with Crippen LogP contribution in [0.3, 0.4) is 0 Å². The Morgan fingerprint density at radius 1 is 1.16 bits per heavy atom. The van der Waals surface area contributed by atoms with Gasteiger partial charge in [0, 0.05) is 5.69 Å². The first-order valence-electron chi connectivity index (χ1n) is 5.42. The highest BCUT2D eigenvalue weighted by Crippen LogP contribution is 2.12. The molecule has 2 aromatic rings. The van der Waals surface area contributed by atoms with Gasteiger partial charge in [0.15, 0.2) is 0 Å². The SMILES string of the molecule is Cl.Nc1cc(F)cc(C(=O)OCc2ccccc2)c1. The molecule has 0 bridgehead atoms. The van der Waals surface area contributed by atoms with Crippen LogP contribution in [0.2, 0.25) is 0 Å². The minimum Gasteiger partial charge on any atom is -0.457 e. The van der Waals surface area contributed by atoms with Crippen LogP contribution in [0.25, 0.3) is 0 Å². The quantitative estimate of drug-likeness (QED) is 0.694.